The second kappa shape index (κ2) is 9.37. The Morgan fingerprint density at radius 3 is 2.38 bits per heavy atom. The third-order valence-corrected chi connectivity index (χ3v) is 10.0. The van der Waals surface area contributed by atoms with E-state index in [4.69, 9.17) is 11.6 Å². The van der Waals surface area contributed by atoms with E-state index in [0.29, 0.717) is 30.8 Å². The van der Waals surface area contributed by atoms with Gasteiger partial charge in [0.05, 0.1) is 20.8 Å². The highest BCUT2D eigenvalue weighted by Gasteiger charge is 2.56. The highest BCUT2D eigenvalue weighted by molar-refractivity contribution is 7.92. The van der Waals surface area contributed by atoms with E-state index in [0.717, 1.165) is 6.07 Å². The van der Waals surface area contributed by atoms with Crippen LogP contribution in [-0.2, 0) is 16.3 Å². The normalized spacial score (nSPS) is 25.3. The Labute approximate surface area is 214 Å². The minimum absolute atomic E-state index is 0.0867. The summed E-state index contributed by atoms with van der Waals surface area (Å²) in [5.74, 6) is -5.69. The first-order chi connectivity index (χ1) is 17.5. The summed E-state index contributed by atoms with van der Waals surface area (Å²) in [6, 6.07) is 4.84. The number of sulfone groups is 1. The molecule has 196 valence electrons. The first-order valence-electron chi connectivity index (χ1n) is 11.4. The van der Waals surface area contributed by atoms with Gasteiger partial charge in [0, 0.05) is 29.8 Å². The van der Waals surface area contributed by atoms with Crippen molar-refractivity contribution in [2.75, 3.05) is 5.32 Å². The van der Waals surface area contributed by atoms with E-state index in [2.05, 4.69) is 25.9 Å². The molecule has 1 amide bonds. The molecule has 1 aromatic heterocycles. The highest BCUT2D eigenvalue weighted by atomic mass is 35.5. The Morgan fingerprint density at radius 2 is 1.78 bits per heavy atom. The van der Waals surface area contributed by atoms with E-state index >= 15 is 0 Å². The lowest BCUT2D eigenvalue weighted by atomic mass is 9.72. The lowest BCUT2D eigenvalue weighted by molar-refractivity contribution is -0.0590. The largest absolute Gasteiger partial charge is 0.389 e. The number of carbonyl (C=O) groups excluding carboxylic acids is 1. The number of rotatable bonds is 6. The molecule has 0 saturated heterocycles. The summed E-state index contributed by atoms with van der Waals surface area (Å²) in [7, 11) is -4.02. The number of fused-ring (bicyclic) bond motifs is 2. The van der Waals surface area contributed by atoms with Gasteiger partial charge in [-0.3, -0.25) is 4.79 Å². The molecule has 37 heavy (non-hydrogen) atoms. The lowest BCUT2D eigenvalue weighted by Gasteiger charge is -2.42. The molecular formula is C23H21ClF3N5O4S. The van der Waals surface area contributed by atoms with E-state index in [1.807, 2.05) is 0 Å². The van der Waals surface area contributed by atoms with Crippen molar-refractivity contribution in [3.63, 3.8) is 0 Å². The second-order valence-electron chi connectivity index (χ2n) is 9.48. The molecule has 5 rings (SSSR count). The van der Waals surface area contributed by atoms with Crippen LogP contribution in [0.1, 0.15) is 41.9 Å². The van der Waals surface area contributed by atoms with Crippen LogP contribution in [-0.4, -0.2) is 50.9 Å². The average Bonchev–Trinajstić information content (AvgIpc) is 3.36. The quantitative estimate of drug-likeness (QED) is 0.396. The maximum Gasteiger partial charge on any atom is 0.255 e. The van der Waals surface area contributed by atoms with Gasteiger partial charge >= 0.3 is 0 Å². The van der Waals surface area contributed by atoms with Gasteiger partial charge in [-0.05, 0) is 66.1 Å². The molecule has 2 fully saturated rings. The number of tetrazole rings is 1. The number of nitrogens with zero attached hydrogens (tertiary/aromatic N) is 3. The average molecular weight is 556 g/mol. The number of aromatic amines is 1. The molecule has 2 atom stereocenters. The van der Waals surface area contributed by atoms with Gasteiger partial charge < -0.3 is 10.4 Å². The van der Waals surface area contributed by atoms with E-state index < -0.39 is 44.0 Å². The minimum atomic E-state index is -4.02. The molecular weight excluding hydrogens is 535 g/mol. The fourth-order valence-corrected chi connectivity index (χ4v) is 7.95. The number of carbonyl (C=O) groups is 1. The van der Waals surface area contributed by atoms with Crippen LogP contribution in [0.3, 0.4) is 0 Å². The van der Waals surface area contributed by atoms with E-state index in [1.165, 1.54) is 12.1 Å². The minimum Gasteiger partial charge on any atom is -0.389 e. The zero-order chi connectivity index (χ0) is 26.5. The zero-order valence-electron chi connectivity index (χ0n) is 19.1. The molecule has 1 heterocycles. The molecule has 9 nitrogen and oxygen atoms in total. The van der Waals surface area contributed by atoms with Gasteiger partial charge in [-0.1, -0.05) is 11.6 Å². The zero-order valence-corrected chi connectivity index (χ0v) is 20.7. The van der Waals surface area contributed by atoms with Crippen LogP contribution >= 0.6 is 11.6 Å². The Kier molecular flexibility index (Phi) is 6.49. The summed E-state index contributed by atoms with van der Waals surface area (Å²) in [4.78, 5) is 12.4. The summed E-state index contributed by atoms with van der Waals surface area (Å²) in [6.45, 7) is 0. The first-order valence-corrected chi connectivity index (χ1v) is 13.4. The number of benzene rings is 2. The van der Waals surface area contributed by atoms with Crippen LogP contribution in [0.5, 0.6) is 0 Å². The first kappa shape index (κ1) is 25.6. The van der Waals surface area contributed by atoms with Crippen molar-refractivity contribution < 1.29 is 31.5 Å². The van der Waals surface area contributed by atoms with Crippen LogP contribution < -0.4 is 5.32 Å². The predicted octanol–water partition coefficient (Wildman–Crippen LogP) is 3.46. The molecule has 2 aliphatic rings. The topological polar surface area (TPSA) is 138 Å². The highest BCUT2D eigenvalue weighted by Crippen LogP contribution is 2.53. The summed E-state index contributed by atoms with van der Waals surface area (Å²) >= 11 is 6.24. The van der Waals surface area contributed by atoms with Gasteiger partial charge in [-0.15, -0.1) is 5.10 Å². The predicted molar refractivity (Wildman–Crippen MR) is 125 cm³/mol. The van der Waals surface area contributed by atoms with E-state index in [-0.39, 0.29) is 52.3 Å². The number of halogens is 4. The van der Waals surface area contributed by atoms with Crippen LogP contribution in [0.4, 0.5) is 18.9 Å². The van der Waals surface area contributed by atoms with Crippen LogP contribution in [0.2, 0.25) is 5.02 Å². The lowest BCUT2D eigenvalue weighted by Crippen LogP contribution is -2.49. The molecule has 2 aliphatic carbocycles. The molecule has 2 unspecified atom stereocenters. The molecule has 3 aromatic rings. The molecule has 0 spiro atoms. The SMILES string of the molecule is O=C(Nc1cc(F)c(F)c(F)c1)c1ccc(Cl)c(S(=O)(=O)C2CC3CCC(C2)C3(O)Cc2nnn[nH]2)c1. The smallest absolute Gasteiger partial charge is 0.255 e. The van der Waals surface area contributed by atoms with Crippen LogP contribution in [0.15, 0.2) is 35.2 Å². The number of hydrogen-bond donors (Lipinski definition) is 3. The van der Waals surface area contributed by atoms with Gasteiger partial charge in [0.25, 0.3) is 5.91 Å². The van der Waals surface area contributed by atoms with Gasteiger partial charge in [0.1, 0.15) is 0 Å². The van der Waals surface area contributed by atoms with E-state index in [9.17, 15) is 31.5 Å². The molecule has 2 bridgehead atoms. The third-order valence-electron chi connectivity index (χ3n) is 7.39. The number of H-pyrrole nitrogens is 1. The van der Waals surface area contributed by atoms with Crippen molar-refractivity contribution >= 4 is 33.0 Å². The third kappa shape index (κ3) is 4.59. The molecule has 2 saturated carbocycles. The summed E-state index contributed by atoms with van der Waals surface area (Å²) in [5, 5.41) is 26.2. The van der Waals surface area contributed by atoms with E-state index in [1.54, 1.807) is 0 Å². The summed E-state index contributed by atoms with van der Waals surface area (Å²) in [5.41, 5.74) is -1.61. The number of nitrogens with one attached hydrogen (secondary N) is 2. The maximum absolute atomic E-state index is 13.6. The summed E-state index contributed by atoms with van der Waals surface area (Å²) in [6.07, 6.45) is 1.87. The number of hydrogen-bond acceptors (Lipinski definition) is 7. The molecule has 3 N–H and O–H groups in total. The maximum atomic E-state index is 13.6. The fraction of sp³-hybridized carbons (Fsp3) is 0.391. The summed E-state index contributed by atoms with van der Waals surface area (Å²) < 4.78 is 67.5. The van der Waals surface area contributed by atoms with Gasteiger partial charge in [-0.2, -0.15) is 0 Å². The van der Waals surface area contributed by atoms with Crippen molar-refractivity contribution in [3.05, 3.63) is 64.2 Å². The monoisotopic (exact) mass is 555 g/mol. The molecule has 2 aromatic carbocycles. The van der Waals surface area contributed by atoms with Crippen LogP contribution in [0, 0.1) is 29.3 Å². The van der Waals surface area contributed by atoms with Gasteiger partial charge in [-0.25, -0.2) is 26.7 Å². The molecule has 0 aliphatic heterocycles. The Balaban J connectivity index is 1.38. The van der Waals surface area contributed by atoms with Crippen LogP contribution in [0.25, 0.3) is 0 Å². The Morgan fingerprint density at radius 1 is 1.14 bits per heavy atom. The van der Waals surface area contributed by atoms with Crippen molar-refractivity contribution in [2.45, 2.75) is 47.9 Å². The standard InChI is InChI=1S/C23H21ClF3N5O4S/c24-16-4-1-11(22(33)28-14-8-17(25)21(27)18(26)9-14)5-19(16)37(35,36)15-6-12-2-3-13(7-15)23(12,34)10-20-29-31-32-30-20/h1,4-5,8-9,12-13,15,34H,2-3,6-7,10H2,(H,28,33)(H,29,30,31,32). The number of aliphatic hydroxyl groups is 1. The number of anilines is 1. The molecule has 14 heteroatoms. The Bertz CT molecular complexity index is 1430. The molecule has 0 radical (unpaired) electrons. The van der Waals surface area contributed by atoms with Crippen molar-refractivity contribution in [2.24, 2.45) is 11.8 Å². The van der Waals surface area contributed by atoms with Crippen molar-refractivity contribution in [3.8, 4) is 0 Å². The van der Waals surface area contributed by atoms with Crippen molar-refractivity contribution in [1.82, 2.24) is 20.6 Å². The van der Waals surface area contributed by atoms with Gasteiger partial charge in [0.15, 0.2) is 33.1 Å². The number of amides is 1. The fourth-order valence-electron chi connectivity index (χ4n) is 5.55. The van der Waals surface area contributed by atoms with Gasteiger partial charge in [0.2, 0.25) is 0 Å². The van der Waals surface area contributed by atoms with Crippen molar-refractivity contribution in [1.29, 1.82) is 0 Å². The Hall–Kier alpha value is -3.03. The second-order valence-corrected chi connectivity index (χ2v) is 12.1. The number of aromatic nitrogens is 4.